The predicted octanol–water partition coefficient (Wildman–Crippen LogP) is 2.62. The fourth-order valence-electron chi connectivity index (χ4n) is 6.81. The largest absolute Gasteiger partial charge is 0.465 e. The molecule has 4 fully saturated rings. The van der Waals surface area contributed by atoms with Gasteiger partial charge in [-0.15, -0.1) is 0 Å². The van der Waals surface area contributed by atoms with E-state index in [1.54, 1.807) is 13.8 Å². The van der Waals surface area contributed by atoms with Crippen molar-refractivity contribution in [2.24, 2.45) is 17.3 Å². The molecule has 1 aromatic rings. The van der Waals surface area contributed by atoms with Crippen molar-refractivity contribution in [2.45, 2.75) is 64.8 Å². The van der Waals surface area contributed by atoms with Crippen LogP contribution in [0, 0.1) is 31.1 Å². The fraction of sp³-hybridized carbons (Fsp3) is 0.652. The number of Topliss-reactive ketones (excluding diaryl/α,β-unsaturated/α-hetero) is 1. The van der Waals surface area contributed by atoms with Crippen LogP contribution in [0.1, 0.15) is 77.6 Å². The molecule has 4 bridgehead atoms. The van der Waals surface area contributed by atoms with Crippen LogP contribution in [0.25, 0.3) is 0 Å². The van der Waals surface area contributed by atoms with Crippen LogP contribution in [-0.2, 0) is 19.1 Å². The van der Waals surface area contributed by atoms with Crippen molar-refractivity contribution in [1.29, 1.82) is 0 Å². The van der Waals surface area contributed by atoms with Crippen LogP contribution >= 0.6 is 0 Å². The number of aryl methyl sites for hydroxylation is 1. The van der Waals surface area contributed by atoms with Gasteiger partial charge in [-0.05, 0) is 69.8 Å². The molecular weight excluding hydrogens is 400 g/mol. The Kier molecular flexibility index (Phi) is 5.22. The zero-order valence-electron chi connectivity index (χ0n) is 18.6. The highest BCUT2D eigenvalue weighted by atomic mass is 16.5. The van der Waals surface area contributed by atoms with Crippen LogP contribution in [0.15, 0.2) is 0 Å². The Morgan fingerprint density at radius 1 is 1.10 bits per heavy atom. The maximum Gasteiger partial charge on any atom is 0.339 e. The summed E-state index contributed by atoms with van der Waals surface area (Å²) in [6.07, 6.45) is 5.00. The van der Waals surface area contributed by atoms with E-state index in [-0.39, 0.29) is 35.5 Å². The minimum Gasteiger partial charge on any atom is -0.465 e. The number of carbonyl (C=O) groups is 4. The van der Waals surface area contributed by atoms with Crippen LogP contribution in [-0.4, -0.2) is 47.9 Å². The quantitative estimate of drug-likeness (QED) is 0.530. The Labute approximate surface area is 181 Å². The maximum atomic E-state index is 13.2. The molecule has 4 aliphatic carbocycles. The number of aromatic amines is 1. The Morgan fingerprint density at radius 2 is 1.74 bits per heavy atom. The summed E-state index contributed by atoms with van der Waals surface area (Å²) in [4.78, 5) is 52.6. The molecular formula is C23H30N2O6. The Morgan fingerprint density at radius 3 is 2.32 bits per heavy atom. The molecule has 8 nitrogen and oxygen atoms in total. The number of amides is 1. The molecule has 8 heteroatoms. The number of nitrogens with one attached hydrogen (secondary N) is 2. The van der Waals surface area contributed by atoms with Gasteiger partial charge in [-0.3, -0.25) is 14.4 Å². The summed E-state index contributed by atoms with van der Waals surface area (Å²) in [6, 6.07) is 0. The molecule has 5 rings (SSSR count). The van der Waals surface area contributed by atoms with E-state index < -0.39 is 11.4 Å². The highest BCUT2D eigenvalue weighted by Crippen LogP contribution is 2.62. The first-order valence-corrected chi connectivity index (χ1v) is 10.8. The monoisotopic (exact) mass is 430 g/mol. The zero-order chi connectivity index (χ0) is 22.6. The summed E-state index contributed by atoms with van der Waals surface area (Å²) in [5.74, 6) is -0.525. The third-order valence-corrected chi connectivity index (χ3v) is 7.38. The van der Waals surface area contributed by atoms with Crippen molar-refractivity contribution in [1.82, 2.24) is 10.3 Å². The molecule has 2 N–H and O–H groups in total. The van der Waals surface area contributed by atoms with Gasteiger partial charge < -0.3 is 19.8 Å². The molecule has 2 atom stereocenters. The van der Waals surface area contributed by atoms with Crippen molar-refractivity contribution in [2.75, 3.05) is 13.7 Å². The number of hydrogen-bond donors (Lipinski definition) is 2. The average Bonchev–Trinajstić information content (AvgIpc) is 2.97. The Balaban J connectivity index is 1.48. The number of rotatable bonds is 6. The lowest BCUT2D eigenvalue weighted by atomic mass is 9.47. The smallest absolute Gasteiger partial charge is 0.339 e. The number of H-pyrrole nitrogens is 1. The molecule has 1 aromatic heterocycles. The van der Waals surface area contributed by atoms with Crippen molar-refractivity contribution in [3.8, 4) is 0 Å². The summed E-state index contributed by atoms with van der Waals surface area (Å²) in [5, 5.41) is 3.13. The second kappa shape index (κ2) is 7.50. The highest BCUT2D eigenvalue weighted by molar-refractivity contribution is 6.02. The number of ether oxygens (including phenoxy) is 2. The van der Waals surface area contributed by atoms with E-state index in [4.69, 9.17) is 9.47 Å². The van der Waals surface area contributed by atoms with Crippen molar-refractivity contribution >= 4 is 23.6 Å². The third kappa shape index (κ3) is 3.66. The molecule has 31 heavy (non-hydrogen) atoms. The van der Waals surface area contributed by atoms with E-state index >= 15 is 0 Å². The number of carbonyl (C=O) groups excluding carboxylic acids is 4. The molecule has 0 aliphatic heterocycles. The van der Waals surface area contributed by atoms with Crippen LogP contribution in [0.5, 0.6) is 0 Å². The number of ketones is 1. The van der Waals surface area contributed by atoms with E-state index in [1.165, 1.54) is 14.0 Å². The Hall–Kier alpha value is -2.64. The normalized spacial score (nSPS) is 30.7. The topological polar surface area (TPSA) is 115 Å². The summed E-state index contributed by atoms with van der Waals surface area (Å²) in [6.45, 7) is 4.50. The molecule has 0 saturated heterocycles. The molecule has 4 saturated carbocycles. The van der Waals surface area contributed by atoms with Gasteiger partial charge in [0.05, 0.1) is 23.8 Å². The summed E-state index contributed by atoms with van der Waals surface area (Å²) < 4.78 is 10.3. The SMILES string of the molecule is COC(=O)c1c(C)[nH]c(C(=O)COC(=O)C23CC4CC(CC(NC(C)=O)(C4)C2)C3)c1C. The molecule has 2 unspecified atom stereocenters. The van der Waals surface area contributed by atoms with Crippen LogP contribution in [0.3, 0.4) is 0 Å². The molecule has 0 aromatic carbocycles. The summed E-state index contributed by atoms with van der Waals surface area (Å²) in [5.41, 5.74) is 0.648. The molecule has 4 aliphatic rings. The molecule has 0 radical (unpaired) electrons. The van der Waals surface area contributed by atoms with Gasteiger partial charge in [0.1, 0.15) is 0 Å². The second-order valence-corrected chi connectivity index (χ2v) is 9.82. The molecule has 1 heterocycles. The van der Waals surface area contributed by atoms with E-state index in [9.17, 15) is 19.2 Å². The standard InChI is InChI=1S/C23H30N2O6/c1-12-18(20(28)30-4)13(2)24-19(12)17(27)10-31-21(29)22-6-15-5-16(7-22)9-23(8-15,11-22)25-14(3)26/h15-16,24H,5-11H2,1-4H3,(H,25,26). The first-order valence-electron chi connectivity index (χ1n) is 10.8. The lowest BCUT2D eigenvalue weighted by Crippen LogP contribution is -2.64. The van der Waals surface area contributed by atoms with Gasteiger partial charge in [0, 0.05) is 18.2 Å². The van der Waals surface area contributed by atoms with Crippen LogP contribution in [0.2, 0.25) is 0 Å². The number of aromatic nitrogens is 1. The predicted molar refractivity (Wildman–Crippen MR) is 111 cm³/mol. The third-order valence-electron chi connectivity index (χ3n) is 7.38. The Bertz CT molecular complexity index is 948. The van der Waals surface area contributed by atoms with E-state index in [2.05, 4.69) is 10.3 Å². The van der Waals surface area contributed by atoms with Crippen molar-refractivity contribution in [3.05, 3.63) is 22.5 Å². The first kappa shape index (κ1) is 21.6. The van der Waals surface area contributed by atoms with Crippen molar-refractivity contribution in [3.63, 3.8) is 0 Å². The van der Waals surface area contributed by atoms with Gasteiger partial charge in [0.2, 0.25) is 11.7 Å². The fourth-order valence-corrected chi connectivity index (χ4v) is 6.81. The molecule has 168 valence electrons. The lowest BCUT2D eigenvalue weighted by molar-refractivity contribution is -0.174. The van der Waals surface area contributed by atoms with Gasteiger partial charge in [0.15, 0.2) is 6.61 Å². The number of esters is 2. The van der Waals surface area contributed by atoms with E-state index in [0.29, 0.717) is 35.1 Å². The summed E-state index contributed by atoms with van der Waals surface area (Å²) >= 11 is 0. The second-order valence-electron chi connectivity index (χ2n) is 9.82. The summed E-state index contributed by atoms with van der Waals surface area (Å²) in [7, 11) is 1.29. The maximum absolute atomic E-state index is 13.2. The molecule has 1 amide bonds. The van der Waals surface area contributed by atoms with Gasteiger partial charge in [-0.1, -0.05) is 0 Å². The minimum atomic E-state index is -0.634. The van der Waals surface area contributed by atoms with Gasteiger partial charge in [-0.25, -0.2) is 4.79 Å². The molecule has 0 spiro atoms. The van der Waals surface area contributed by atoms with Gasteiger partial charge >= 0.3 is 11.9 Å². The number of methoxy groups -OCH3 is 1. The lowest BCUT2D eigenvalue weighted by Gasteiger charge is -2.60. The van der Waals surface area contributed by atoms with Crippen LogP contribution < -0.4 is 5.32 Å². The van der Waals surface area contributed by atoms with E-state index in [0.717, 1.165) is 32.1 Å². The minimum absolute atomic E-state index is 0.0698. The van der Waals surface area contributed by atoms with Crippen LogP contribution in [0.4, 0.5) is 0 Å². The zero-order valence-corrected chi connectivity index (χ0v) is 18.6. The van der Waals surface area contributed by atoms with Gasteiger partial charge in [-0.2, -0.15) is 0 Å². The number of hydrogen-bond acceptors (Lipinski definition) is 6. The first-order chi connectivity index (χ1) is 14.6. The van der Waals surface area contributed by atoms with Gasteiger partial charge in [0.25, 0.3) is 0 Å². The average molecular weight is 431 g/mol. The van der Waals surface area contributed by atoms with E-state index in [1.807, 2.05) is 0 Å². The highest BCUT2D eigenvalue weighted by Gasteiger charge is 2.61. The van der Waals surface area contributed by atoms with Crippen molar-refractivity contribution < 1.29 is 28.7 Å².